The standard InChI is InChI=1S/C17H18N2O2/c18-12-14-3-5-15(6-4-14)21-16-7-9-19(10-8-16)13-17-2-1-11-20-17/h1-6,11,16H,7-10,13H2. The van der Waals surface area contributed by atoms with Gasteiger partial charge in [-0.05, 0) is 49.2 Å². The van der Waals surface area contributed by atoms with E-state index in [0.29, 0.717) is 5.56 Å². The highest BCUT2D eigenvalue weighted by atomic mass is 16.5. The fourth-order valence-corrected chi connectivity index (χ4v) is 2.61. The van der Waals surface area contributed by atoms with E-state index >= 15 is 0 Å². The lowest BCUT2D eigenvalue weighted by Crippen LogP contribution is -2.37. The molecule has 0 radical (unpaired) electrons. The Balaban J connectivity index is 1.48. The van der Waals surface area contributed by atoms with Crippen LogP contribution < -0.4 is 4.74 Å². The molecule has 2 aromatic rings. The fourth-order valence-electron chi connectivity index (χ4n) is 2.61. The molecular weight excluding hydrogens is 264 g/mol. The van der Waals surface area contributed by atoms with Crippen molar-refractivity contribution in [3.8, 4) is 11.8 Å². The second-order valence-corrected chi connectivity index (χ2v) is 5.31. The summed E-state index contributed by atoms with van der Waals surface area (Å²) in [6.45, 7) is 2.90. The molecule has 108 valence electrons. The van der Waals surface area contributed by atoms with Gasteiger partial charge in [-0.3, -0.25) is 4.90 Å². The van der Waals surface area contributed by atoms with Crippen LogP contribution in [0.5, 0.6) is 5.75 Å². The lowest BCUT2D eigenvalue weighted by Gasteiger charge is -2.31. The number of piperidine rings is 1. The van der Waals surface area contributed by atoms with Crippen LogP contribution in [0.4, 0.5) is 0 Å². The quantitative estimate of drug-likeness (QED) is 0.864. The van der Waals surface area contributed by atoms with E-state index in [1.165, 1.54) is 0 Å². The largest absolute Gasteiger partial charge is 0.490 e. The topological polar surface area (TPSA) is 49.4 Å². The Morgan fingerprint density at radius 1 is 1.19 bits per heavy atom. The molecule has 0 bridgehead atoms. The molecule has 21 heavy (non-hydrogen) atoms. The molecule has 1 saturated heterocycles. The van der Waals surface area contributed by atoms with Gasteiger partial charge in [0, 0.05) is 13.1 Å². The zero-order valence-electron chi connectivity index (χ0n) is 11.9. The van der Waals surface area contributed by atoms with Crippen molar-refractivity contribution < 1.29 is 9.15 Å². The minimum absolute atomic E-state index is 0.255. The van der Waals surface area contributed by atoms with Crippen LogP contribution in [-0.2, 0) is 6.54 Å². The smallest absolute Gasteiger partial charge is 0.119 e. The zero-order valence-corrected chi connectivity index (χ0v) is 11.9. The lowest BCUT2D eigenvalue weighted by molar-refractivity contribution is 0.0929. The van der Waals surface area contributed by atoms with Crippen molar-refractivity contribution in [2.45, 2.75) is 25.5 Å². The van der Waals surface area contributed by atoms with E-state index in [1.807, 2.05) is 24.3 Å². The number of rotatable bonds is 4. The summed E-state index contributed by atoms with van der Waals surface area (Å²) in [6, 6.07) is 13.4. The van der Waals surface area contributed by atoms with Gasteiger partial charge in [-0.1, -0.05) is 0 Å². The summed E-state index contributed by atoms with van der Waals surface area (Å²) >= 11 is 0. The maximum absolute atomic E-state index is 8.78. The molecule has 1 fully saturated rings. The molecule has 0 saturated carbocycles. The first-order chi connectivity index (χ1) is 10.3. The molecule has 0 N–H and O–H groups in total. The van der Waals surface area contributed by atoms with Gasteiger partial charge in [0.25, 0.3) is 0 Å². The lowest BCUT2D eigenvalue weighted by atomic mass is 10.1. The summed E-state index contributed by atoms with van der Waals surface area (Å²) in [5.41, 5.74) is 0.663. The summed E-state index contributed by atoms with van der Waals surface area (Å²) in [5, 5.41) is 8.78. The minimum atomic E-state index is 0.255. The van der Waals surface area contributed by atoms with Gasteiger partial charge in [-0.15, -0.1) is 0 Å². The van der Waals surface area contributed by atoms with Crippen LogP contribution in [0.1, 0.15) is 24.2 Å². The molecule has 0 spiro atoms. The number of nitrogens with zero attached hydrogens (tertiary/aromatic N) is 2. The first-order valence-electron chi connectivity index (χ1n) is 7.25. The highest BCUT2D eigenvalue weighted by Crippen LogP contribution is 2.20. The number of benzene rings is 1. The number of nitriles is 1. The molecule has 1 aromatic carbocycles. The van der Waals surface area contributed by atoms with Crippen LogP contribution in [0.3, 0.4) is 0 Å². The van der Waals surface area contributed by atoms with Crippen LogP contribution in [-0.4, -0.2) is 24.1 Å². The molecule has 1 aliphatic rings. The van der Waals surface area contributed by atoms with Crippen molar-refractivity contribution in [1.29, 1.82) is 5.26 Å². The molecular formula is C17H18N2O2. The zero-order chi connectivity index (χ0) is 14.5. The van der Waals surface area contributed by atoms with Crippen molar-refractivity contribution in [2.75, 3.05) is 13.1 Å². The highest BCUT2D eigenvalue weighted by Gasteiger charge is 2.21. The molecule has 0 atom stereocenters. The van der Waals surface area contributed by atoms with E-state index in [0.717, 1.165) is 44.0 Å². The third-order valence-corrected chi connectivity index (χ3v) is 3.78. The molecule has 2 heterocycles. The van der Waals surface area contributed by atoms with Crippen LogP contribution in [0, 0.1) is 11.3 Å². The number of hydrogen-bond acceptors (Lipinski definition) is 4. The van der Waals surface area contributed by atoms with E-state index in [2.05, 4.69) is 11.0 Å². The number of hydrogen-bond donors (Lipinski definition) is 0. The maximum atomic E-state index is 8.78. The molecule has 4 heteroatoms. The first kappa shape index (κ1) is 13.7. The van der Waals surface area contributed by atoms with Gasteiger partial charge in [-0.25, -0.2) is 0 Å². The fraction of sp³-hybridized carbons (Fsp3) is 0.353. The van der Waals surface area contributed by atoms with Crippen molar-refractivity contribution >= 4 is 0 Å². The van der Waals surface area contributed by atoms with Gasteiger partial charge >= 0.3 is 0 Å². The SMILES string of the molecule is N#Cc1ccc(OC2CCN(Cc3ccco3)CC2)cc1. The second kappa shape index (κ2) is 6.47. The second-order valence-electron chi connectivity index (χ2n) is 5.31. The van der Waals surface area contributed by atoms with Crippen molar-refractivity contribution in [1.82, 2.24) is 4.90 Å². The van der Waals surface area contributed by atoms with Crippen molar-refractivity contribution in [2.24, 2.45) is 0 Å². The molecule has 0 unspecified atom stereocenters. The molecule has 0 amide bonds. The Morgan fingerprint density at radius 2 is 1.95 bits per heavy atom. The predicted octanol–water partition coefficient (Wildman–Crippen LogP) is 3.19. The van der Waals surface area contributed by atoms with Crippen LogP contribution in [0.25, 0.3) is 0 Å². The van der Waals surface area contributed by atoms with Gasteiger partial charge in [0.1, 0.15) is 17.6 Å². The Labute approximate surface area is 124 Å². The Bertz CT molecular complexity index is 591. The van der Waals surface area contributed by atoms with Crippen molar-refractivity contribution in [3.63, 3.8) is 0 Å². The van der Waals surface area contributed by atoms with E-state index in [-0.39, 0.29) is 6.10 Å². The summed E-state index contributed by atoms with van der Waals surface area (Å²) in [4.78, 5) is 2.39. The number of likely N-dealkylation sites (tertiary alicyclic amines) is 1. The molecule has 0 aliphatic carbocycles. The van der Waals surface area contributed by atoms with Gasteiger partial charge in [0.05, 0.1) is 24.4 Å². The molecule has 4 nitrogen and oxygen atoms in total. The van der Waals surface area contributed by atoms with Crippen LogP contribution >= 0.6 is 0 Å². The van der Waals surface area contributed by atoms with Gasteiger partial charge in [-0.2, -0.15) is 5.26 Å². The summed E-state index contributed by atoms with van der Waals surface area (Å²) in [5.74, 6) is 1.86. The first-order valence-corrected chi connectivity index (χ1v) is 7.25. The third-order valence-electron chi connectivity index (χ3n) is 3.78. The average molecular weight is 282 g/mol. The third kappa shape index (κ3) is 3.65. The Morgan fingerprint density at radius 3 is 2.57 bits per heavy atom. The van der Waals surface area contributed by atoms with Gasteiger partial charge < -0.3 is 9.15 Å². The van der Waals surface area contributed by atoms with Crippen molar-refractivity contribution in [3.05, 3.63) is 54.0 Å². The number of furan rings is 1. The van der Waals surface area contributed by atoms with Crippen LogP contribution in [0.15, 0.2) is 47.1 Å². The molecule has 3 rings (SSSR count). The van der Waals surface area contributed by atoms with E-state index < -0.39 is 0 Å². The van der Waals surface area contributed by atoms with E-state index in [1.54, 1.807) is 18.4 Å². The van der Waals surface area contributed by atoms with E-state index in [9.17, 15) is 0 Å². The predicted molar refractivity (Wildman–Crippen MR) is 78.8 cm³/mol. The normalized spacial score (nSPS) is 16.5. The summed E-state index contributed by atoms with van der Waals surface area (Å²) in [7, 11) is 0. The number of ether oxygens (including phenoxy) is 1. The minimum Gasteiger partial charge on any atom is -0.490 e. The van der Waals surface area contributed by atoms with Crippen LogP contribution in [0.2, 0.25) is 0 Å². The molecule has 1 aliphatic heterocycles. The maximum Gasteiger partial charge on any atom is 0.119 e. The molecule has 1 aromatic heterocycles. The Hall–Kier alpha value is -2.25. The van der Waals surface area contributed by atoms with Gasteiger partial charge in [0.2, 0.25) is 0 Å². The van der Waals surface area contributed by atoms with E-state index in [4.69, 9.17) is 14.4 Å². The summed E-state index contributed by atoms with van der Waals surface area (Å²) < 4.78 is 11.4. The highest BCUT2D eigenvalue weighted by molar-refractivity contribution is 5.34. The monoisotopic (exact) mass is 282 g/mol. The average Bonchev–Trinajstić information content (AvgIpc) is 3.03. The Kier molecular flexibility index (Phi) is 4.23. The summed E-state index contributed by atoms with van der Waals surface area (Å²) in [6.07, 6.45) is 4.00. The van der Waals surface area contributed by atoms with Gasteiger partial charge in [0.15, 0.2) is 0 Å².